The van der Waals surface area contributed by atoms with Crippen LogP contribution in [0.5, 0.6) is 0 Å². The van der Waals surface area contributed by atoms with Crippen molar-refractivity contribution >= 4 is 5.91 Å². The fraction of sp³-hybridized carbons (Fsp3) is 0.727. The van der Waals surface area contributed by atoms with E-state index in [0.29, 0.717) is 6.54 Å². The molecule has 0 saturated carbocycles. The summed E-state index contributed by atoms with van der Waals surface area (Å²) in [6, 6.07) is 0. The standard InChI is InChI=1S/C11H19N3O2/c15-10-2-1-9(7-10)13-8-11(16)14-5-3-12-4-6-14/h7,10,12-13,15H,1-6,8H2. The Balaban J connectivity index is 1.72. The first-order valence-corrected chi connectivity index (χ1v) is 5.87. The minimum absolute atomic E-state index is 0.142. The van der Waals surface area contributed by atoms with E-state index >= 15 is 0 Å². The number of piperazine rings is 1. The molecule has 2 aliphatic rings. The lowest BCUT2D eigenvalue weighted by Crippen LogP contribution is -2.48. The number of aliphatic hydroxyl groups is 1. The number of nitrogens with zero attached hydrogens (tertiary/aromatic N) is 1. The van der Waals surface area contributed by atoms with Crippen molar-refractivity contribution in [1.82, 2.24) is 15.5 Å². The van der Waals surface area contributed by atoms with Gasteiger partial charge in [0.1, 0.15) is 0 Å². The van der Waals surface area contributed by atoms with E-state index in [4.69, 9.17) is 0 Å². The van der Waals surface area contributed by atoms with Crippen LogP contribution in [0.4, 0.5) is 0 Å². The summed E-state index contributed by atoms with van der Waals surface area (Å²) >= 11 is 0. The Morgan fingerprint density at radius 1 is 1.56 bits per heavy atom. The van der Waals surface area contributed by atoms with E-state index in [1.165, 1.54) is 0 Å². The van der Waals surface area contributed by atoms with E-state index in [1.807, 2.05) is 4.90 Å². The highest BCUT2D eigenvalue weighted by molar-refractivity contribution is 5.78. The molecule has 5 heteroatoms. The SMILES string of the molecule is O=C(CNC1=CC(O)CC1)N1CCNCC1. The van der Waals surface area contributed by atoms with Gasteiger partial charge in [0.25, 0.3) is 0 Å². The summed E-state index contributed by atoms with van der Waals surface area (Å²) in [5.74, 6) is 0.142. The van der Waals surface area contributed by atoms with Crippen LogP contribution in [0.1, 0.15) is 12.8 Å². The molecular formula is C11H19N3O2. The van der Waals surface area contributed by atoms with Gasteiger partial charge >= 0.3 is 0 Å². The van der Waals surface area contributed by atoms with Crippen LogP contribution in [0.2, 0.25) is 0 Å². The topological polar surface area (TPSA) is 64.6 Å². The number of carbonyl (C=O) groups excluding carboxylic acids is 1. The molecule has 1 fully saturated rings. The molecule has 1 amide bonds. The van der Waals surface area contributed by atoms with E-state index in [0.717, 1.165) is 44.7 Å². The second kappa shape index (κ2) is 5.32. The van der Waals surface area contributed by atoms with Crippen LogP contribution in [-0.2, 0) is 4.79 Å². The van der Waals surface area contributed by atoms with Gasteiger partial charge in [-0.3, -0.25) is 4.79 Å². The maximum atomic E-state index is 11.8. The Morgan fingerprint density at radius 3 is 2.94 bits per heavy atom. The first-order chi connectivity index (χ1) is 7.75. The molecule has 1 aliphatic carbocycles. The van der Waals surface area contributed by atoms with Gasteiger partial charge in [0.15, 0.2) is 0 Å². The second-order valence-electron chi connectivity index (χ2n) is 4.28. The molecule has 0 radical (unpaired) electrons. The van der Waals surface area contributed by atoms with Crippen LogP contribution in [0, 0.1) is 0 Å². The highest BCUT2D eigenvalue weighted by Gasteiger charge is 2.17. The molecule has 1 atom stereocenters. The number of amides is 1. The van der Waals surface area contributed by atoms with Gasteiger partial charge < -0.3 is 20.6 Å². The Morgan fingerprint density at radius 2 is 2.31 bits per heavy atom. The molecule has 0 aromatic heterocycles. The van der Waals surface area contributed by atoms with Crippen LogP contribution in [-0.4, -0.2) is 54.7 Å². The van der Waals surface area contributed by atoms with Gasteiger partial charge in [-0.1, -0.05) is 0 Å². The van der Waals surface area contributed by atoms with Crippen molar-refractivity contribution in [2.45, 2.75) is 18.9 Å². The third-order valence-corrected chi connectivity index (χ3v) is 3.04. The van der Waals surface area contributed by atoms with Crippen molar-refractivity contribution in [3.05, 3.63) is 11.8 Å². The normalized spacial score (nSPS) is 25.4. The molecule has 1 aliphatic heterocycles. The molecule has 3 N–H and O–H groups in total. The number of nitrogens with one attached hydrogen (secondary N) is 2. The Hall–Kier alpha value is -1.07. The van der Waals surface area contributed by atoms with E-state index in [9.17, 15) is 9.90 Å². The van der Waals surface area contributed by atoms with Crippen molar-refractivity contribution in [3.63, 3.8) is 0 Å². The molecule has 0 aromatic rings. The predicted octanol–water partition coefficient (Wildman–Crippen LogP) is -0.954. The zero-order valence-corrected chi connectivity index (χ0v) is 9.41. The summed E-state index contributed by atoms with van der Waals surface area (Å²) in [5, 5.41) is 15.6. The van der Waals surface area contributed by atoms with Gasteiger partial charge in [-0.05, 0) is 18.9 Å². The van der Waals surface area contributed by atoms with Crippen molar-refractivity contribution < 1.29 is 9.90 Å². The van der Waals surface area contributed by atoms with Gasteiger partial charge in [0.2, 0.25) is 5.91 Å². The van der Waals surface area contributed by atoms with Crippen molar-refractivity contribution in [2.75, 3.05) is 32.7 Å². The smallest absolute Gasteiger partial charge is 0.241 e. The minimum Gasteiger partial charge on any atom is -0.389 e. The van der Waals surface area contributed by atoms with Crippen molar-refractivity contribution in [1.29, 1.82) is 0 Å². The molecule has 0 spiro atoms. The van der Waals surface area contributed by atoms with Crippen LogP contribution in [0.3, 0.4) is 0 Å². The lowest BCUT2D eigenvalue weighted by atomic mass is 10.3. The molecule has 90 valence electrons. The number of carbonyl (C=O) groups is 1. The fourth-order valence-electron chi connectivity index (χ4n) is 2.06. The zero-order chi connectivity index (χ0) is 11.4. The largest absolute Gasteiger partial charge is 0.389 e. The zero-order valence-electron chi connectivity index (χ0n) is 9.41. The highest BCUT2D eigenvalue weighted by atomic mass is 16.3. The number of aliphatic hydroxyl groups excluding tert-OH is 1. The first-order valence-electron chi connectivity index (χ1n) is 5.87. The second-order valence-corrected chi connectivity index (χ2v) is 4.28. The predicted molar refractivity (Wildman–Crippen MR) is 60.8 cm³/mol. The Bertz CT molecular complexity index is 285. The molecule has 2 rings (SSSR count). The Kier molecular flexibility index (Phi) is 3.79. The maximum Gasteiger partial charge on any atom is 0.241 e. The average Bonchev–Trinajstić information content (AvgIpc) is 2.73. The number of hydrogen-bond acceptors (Lipinski definition) is 4. The highest BCUT2D eigenvalue weighted by Crippen LogP contribution is 2.15. The summed E-state index contributed by atoms with van der Waals surface area (Å²) in [6.45, 7) is 3.70. The molecule has 5 nitrogen and oxygen atoms in total. The van der Waals surface area contributed by atoms with Gasteiger partial charge in [0, 0.05) is 31.9 Å². The first kappa shape index (κ1) is 11.4. The van der Waals surface area contributed by atoms with E-state index in [-0.39, 0.29) is 12.0 Å². The molecule has 0 bridgehead atoms. The number of allylic oxidation sites excluding steroid dienone is 1. The summed E-state index contributed by atoms with van der Waals surface area (Å²) < 4.78 is 0. The van der Waals surface area contributed by atoms with E-state index in [2.05, 4.69) is 10.6 Å². The minimum atomic E-state index is -0.336. The molecule has 1 unspecified atom stereocenters. The molecular weight excluding hydrogens is 206 g/mol. The van der Waals surface area contributed by atoms with Crippen LogP contribution < -0.4 is 10.6 Å². The van der Waals surface area contributed by atoms with Gasteiger partial charge in [0.05, 0.1) is 12.6 Å². The molecule has 0 aromatic carbocycles. The lowest BCUT2D eigenvalue weighted by Gasteiger charge is -2.27. The summed E-state index contributed by atoms with van der Waals surface area (Å²) in [7, 11) is 0. The van der Waals surface area contributed by atoms with Crippen LogP contribution in [0.25, 0.3) is 0 Å². The van der Waals surface area contributed by atoms with E-state index in [1.54, 1.807) is 6.08 Å². The van der Waals surface area contributed by atoms with Gasteiger partial charge in [-0.15, -0.1) is 0 Å². The monoisotopic (exact) mass is 225 g/mol. The quantitative estimate of drug-likeness (QED) is 0.579. The third kappa shape index (κ3) is 2.96. The summed E-state index contributed by atoms with van der Waals surface area (Å²) in [6.07, 6.45) is 3.07. The molecule has 16 heavy (non-hydrogen) atoms. The summed E-state index contributed by atoms with van der Waals surface area (Å²) in [5.41, 5.74) is 0.996. The van der Waals surface area contributed by atoms with Crippen LogP contribution in [0.15, 0.2) is 11.8 Å². The van der Waals surface area contributed by atoms with E-state index < -0.39 is 0 Å². The number of rotatable bonds is 3. The Labute approximate surface area is 95.5 Å². The maximum absolute atomic E-state index is 11.8. The van der Waals surface area contributed by atoms with Gasteiger partial charge in [-0.2, -0.15) is 0 Å². The third-order valence-electron chi connectivity index (χ3n) is 3.04. The summed E-state index contributed by atoms with van der Waals surface area (Å²) in [4.78, 5) is 13.7. The molecule has 1 heterocycles. The van der Waals surface area contributed by atoms with Crippen molar-refractivity contribution in [3.8, 4) is 0 Å². The lowest BCUT2D eigenvalue weighted by molar-refractivity contribution is -0.130. The fourth-order valence-corrected chi connectivity index (χ4v) is 2.06. The average molecular weight is 225 g/mol. The van der Waals surface area contributed by atoms with Gasteiger partial charge in [-0.25, -0.2) is 0 Å². The molecule has 1 saturated heterocycles. The van der Waals surface area contributed by atoms with Crippen LogP contribution >= 0.6 is 0 Å². The van der Waals surface area contributed by atoms with Crippen molar-refractivity contribution in [2.24, 2.45) is 0 Å². The number of hydrogen-bond donors (Lipinski definition) is 3.